The number of benzene rings is 1. The molecule has 168 valence electrons. The molecular formula is C23H25N3O4S2. The number of carbonyl (C=O) groups excluding carboxylic acids is 1. The topological polar surface area (TPSA) is 82.5 Å². The smallest absolute Gasteiger partial charge is 0.263 e. The van der Waals surface area contributed by atoms with Crippen LogP contribution in [0.5, 0.6) is 11.5 Å². The van der Waals surface area contributed by atoms with Crippen molar-refractivity contribution in [2.24, 2.45) is 0 Å². The van der Waals surface area contributed by atoms with E-state index in [0.29, 0.717) is 48.1 Å². The Balaban J connectivity index is 1.38. The van der Waals surface area contributed by atoms with Gasteiger partial charge in [0.15, 0.2) is 16.7 Å². The molecule has 0 radical (unpaired) electrons. The van der Waals surface area contributed by atoms with Crippen LogP contribution in [0.3, 0.4) is 0 Å². The van der Waals surface area contributed by atoms with E-state index in [-0.39, 0.29) is 17.2 Å². The van der Waals surface area contributed by atoms with Crippen molar-refractivity contribution in [2.75, 3.05) is 25.5 Å². The van der Waals surface area contributed by atoms with Gasteiger partial charge >= 0.3 is 0 Å². The fraction of sp³-hybridized carbons (Fsp3) is 0.348. The predicted octanol–water partition coefficient (Wildman–Crippen LogP) is 3.48. The molecular weight excluding hydrogens is 446 g/mol. The van der Waals surface area contributed by atoms with Gasteiger partial charge in [-0.05, 0) is 43.5 Å². The molecule has 32 heavy (non-hydrogen) atoms. The van der Waals surface area contributed by atoms with Crippen molar-refractivity contribution in [3.63, 3.8) is 0 Å². The summed E-state index contributed by atoms with van der Waals surface area (Å²) < 4.78 is 12.7. The summed E-state index contributed by atoms with van der Waals surface area (Å²) in [6, 6.07) is 5.83. The molecule has 0 saturated carbocycles. The van der Waals surface area contributed by atoms with Gasteiger partial charge in [0.2, 0.25) is 5.91 Å². The summed E-state index contributed by atoms with van der Waals surface area (Å²) in [5.74, 6) is 1.58. The lowest BCUT2D eigenvalue weighted by Gasteiger charge is -2.18. The third kappa shape index (κ3) is 4.68. The monoisotopic (exact) mass is 471 g/mol. The molecule has 7 nitrogen and oxygen atoms in total. The minimum absolute atomic E-state index is 0.0849. The molecule has 1 aliphatic rings. The maximum Gasteiger partial charge on any atom is 0.263 e. The van der Waals surface area contributed by atoms with E-state index in [1.807, 2.05) is 32.0 Å². The minimum Gasteiger partial charge on any atom is -0.486 e. The van der Waals surface area contributed by atoms with Crippen LogP contribution in [0.4, 0.5) is 0 Å². The average molecular weight is 472 g/mol. The third-order valence-corrected chi connectivity index (χ3v) is 7.32. The summed E-state index contributed by atoms with van der Waals surface area (Å²) in [6.45, 7) is 9.65. The molecule has 3 heterocycles. The number of fused-ring (bicyclic) bond motifs is 2. The fourth-order valence-corrected chi connectivity index (χ4v) is 5.39. The first kappa shape index (κ1) is 22.4. The van der Waals surface area contributed by atoms with Crippen LogP contribution in [0.25, 0.3) is 10.2 Å². The number of thiophene rings is 1. The highest BCUT2D eigenvalue weighted by Crippen LogP contribution is 2.31. The zero-order chi connectivity index (χ0) is 22.7. The number of nitrogens with one attached hydrogen (secondary N) is 1. The van der Waals surface area contributed by atoms with Crippen LogP contribution in [0.15, 0.2) is 40.8 Å². The molecule has 3 aromatic rings. The number of allylic oxidation sites excluding steroid dienone is 1. The van der Waals surface area contributed by atoms with Gasteiger partial charge in [0.05, 0.1) is 11.1 Å². The molecule has 4 rings (SSSR count). The highest BCUT2D eigenvalue weighted by atomic mass is 32.2. The first-order valence-corrected chi connectivity index (χ1v) is 12.2. The number of nitrogens with zero attached hydrogens (tertiary/aromatic N) is 2. The molecule has 0 aliphatic carbocycles. The highest BCUT2D eigenvalue weighted by molar-refractivity contribution is 7.99. The number of hydrogen-bond donors (Lipinski definition) is 1. The summed E-state index contributed by atoms with van der Waals surface area (Å²) >= 11 is 2.77. The van der Waals surface area contributed by atoms with Crippen LogP contribution in [0, 0.1) is 13.8 Å². The number of rotatable bonds is 8. The van der Waals surface area contributed by atoms with Crippen molar-refractivity contribution < 1.29 is 14.3 Å². The third-order valence-electron chi connectivity index (χ3n) is 5.24. The minimum atomic E-state index is -0.106. The van der Waals surface area contributed by atoms with Crippen molar-refractivity contribution in [2.45, 2.75) is 32.0 Å². The van der Waals surface area contributed by atoms with Gasteiger partial charge in [-0.2, -0.15) is 0 Å². The summed E-state index contributed by atoms with van der Waals surface area (Å²) in [7, 11) is 0. The Labute approximate surface area is 194 Å². The number of aryl methyl sites for hydroxylation is 2. The zero-order valence-corrected chi connectivity index (χ0v) is 19.7. The molecule has 0 unspecified atom stereocenters. The average Bonchev–Trinajstić information content (AvgIpc) is 3.08. The lowest BCUT2D eigenvalue weighted by molar-refractivity contribution is -0.118. The molecule has 1 aliphatic heterocycles. The van der Waals surface area contributed by atoms with Crippen molar-refractivity contribution in [3.05, 3.63) is 57.2 Å². The van der Waals surface area contributed by atoms with E-state index < -0.39 is 0 Å². The summed E-state index contributed by atoms with van der Waals surface area (Å²) in [5.41, 5.74) is 1.95. The van der Waals surface area contributed by atoms with E-state index in [4.69, 9.17) is 9.47 Å². The lowest BCUT2D eigenvalue weighted by Crippen LogP contribution is -2.28. The van der Waals surface area contributed by atoms with E-state index in [0.717, 1.165) is 27.5 Å². The molecule has 9 heteroatoms. The van der Waals surface area contributed by atoms with Crippen LogP contribution in [0.2, 0.25) is 0 Å². The van der Waals surface area contributed by atoms with Crippen molar-refractivity contribution in [1.82, 2.24) is 14.9 Å². The number of carbonyl (C=O) groups is 1. The molecule has 2 aromatic heterocycles. The second kappa shape index (κ2) is 9.79. The number of amides is 1. The van der Waals surface area contributed by atoms with Crippen LogP contribution < -0.4 is 20.3 Å². The molecule has 0 saturated heterocycles. The van der Waals surface area contributed by atoms with Crippen LogP contribution in [-0.2, 0) is 17.8 Å². The lowest BCUT2D eigenvalue weighted by atomic mass is 10.1. The Morgan fingerprint density at radius 1 is 1.31 bits per heavy atom. The standard InChI is InChI=1S/C23H25N3O4S2/c1-4-9-26-22(28)20-14(2)15(3)32-21(20)25-23(26)31-13-19(27)24-8-7-16-5-6-17-18(12-16)30-11-10-29-17/h4-6,12H,1,7-11,13H2,2-3H3,(H,24,27). The Morgan fingerprint density at radius 2 is 2.09 bits per heavy atom. The van der Waals surface area contributed by atoms with Gasteiger partial charge in [-0.25, -0.2) is 4.98 Å². The van der Waals surface area contributed by atoms with E-state index in [9.17, 15) is 9.59 Å². The first-order valence-electron chi connectivity index (χ1n) is 10.4. The summed E-state index contributed by atoms with van der Waals surface area (Å²) in [4.78, 5) is 31.9. The Kier molecular flexibility index (Phi) is 6.86. The number of aromatic nitrogens is 2. The molecule has 0 spiro atoms. The van der Waals surface area contributed by atoms with Crippen molar-refractivity contribution in [3.8, 4) is 11.5 Å². The number of ether oxygens (including phenoxy) is 2. The normalized spacial score (nSPS) is 12.7. The molecule has 1 N–H and O–H groups in total. The predicted molar refractivity (Wildman–Crippen MR) is 128 cm³/mol. The molecule has 0 atom stereocenters. The van der Waals surface area contributed by atoms with Gasteiger partial charge in [-0.3, -0.25) is 14.2 Å². The zero-order valence-electron chi connectivity index (χ0n) is 18.1. The van der Waals surface area contributed by atoms with E-state index in [2.05, 4.69) is 16.9 Å². The van der Waals surface area contributed by atoms with Crippen LogP contribution >= 0.6 is 23.1 Å². The van der Waals surface area contributed by atoms with Crippen molar-refractivity contribution in [1.29, 1.82) is 0 Å². The Hall–Kier alpha value is -2.78. The molecule has 0 fully saturated rings. The van der Waals surface area contributed by atoms with Crippen molar-refractivity contribution >= 4 is 39.2 Å². The molecule has 0 bridgehead atoms. The number of hydrogen-bond acceptors (Lipinski definition) is 7. The second-order valence-corrected chi connectivity index (χ2v) is 9.57. The summed E-state index contributed by atoms with van der Waals surface area (Å²) in [5, 5.41) is 4.12. The second-order valence-electron chi connectivity index (χ2n) is 7.43. The summed E-state index contributed by atoms with van der Waals surface area (Å²) in [6.07, 6.45) is 2.35. The van der Waals surface area contributed by atoms with Crippen LogP contribution in [0.1, 0.15) is 16.0 Å². The maximum absolute atomic E-state index is 13.0. The maximum atomic E-state index is 13.0. The van der Waals surface area contributed by atoms with Gasteiger partial charge in [0, 0.05) is 18.0 Å². The van der Waals surface area contributed by atoms with Gasteiger partial charge in [0.25, 0.3) is 5.56 Å². The largest absolute Gasteiger partial charge is 0.486 e. The van der Waals surface area contributed by atoms with Gasteiger partial charge in [-0.1, -0.05) is 23.9 Å². The van der Waals surface area contributed by atoms with E-state index >= 15 is 0 Å². The van der Waals surface area contributed by atoms with Gasteiger partial charge in [0.1, 0.15) is 18.0 Å². The number of thioether (sulfide) groups is 1. The SMILES string of the molecule is C=CCn1c(SCC(=O)NCCc2ccc3c(c2)OCCO3)nc2sc(C)c(C)c2c1=O. The van der Waals surface area contributed by atoms with Gasteiger partial charge < -0.3 is 14.8 Å². The fourth-order valence-electron chi connectivity index (χ4n) is 3.48. The van der Waals surface area contributed by atoms with Gasteiger partial charge in [-0.15, -0.1) is 17.9 Å². The van der Waals surface area contributed by atoms with E-state index in [1.165, 1.54) is 23.1 Å². The molecule has 1 aromatic carbocycles. The Morgan fingerprint density at radius 3 is 2.88 bits per heavy atom. The van der Waals surface area contributed by atoms with E-state index in [1.54, 1.807) is 10.6 Å². The Bertz CT molecular complexity index is 1230. The van der Waals surface area contributed by atoms with Crippen LogP contribution in [-0.4, -0.2) is 41.0 Å². The molecule has 1 amide bonds. The first-order chi connectivity index (χ1) is 15.5. The quantitative estimate of drug-likeness (QED) is 0.308. The highest BCUT2D eigenvalue weighted by Gasteiger charge is 2.17.